The third-order valence-electron chi connectivity index (χ3n) is 2.86. The molecule has 0 aliphatic rings. The van der Waals surface area contributed by atoms with Gasteiger partial charge in [-0.3, -0.25) is 4.98 Å². The molecule has 22 heavy (non-hydrogen) atoms. The Bertz CT molecular complexity index is 766. The monoisotopic (exact) mass is 313 g/mol. The van der Waals surface area contributed by atoms with Crippen LogP contribution in [0.1, 0.15) is 0 Å². The Morgan fingerprint density at radius 2 is 1.86 bits per heavy atom. The summed E-state index contributed by atoms with van der Waals surface area (Å²) in [4.78, 5) is 13.9. The van der Waals surface area contributed by atoms with Crippen molar-refractivity contribution in [1.82, 2.24) is 15.0 Å². The van der Waals surface area contributed by atoms with Crippen LogP contribution in [0.5, 0.6) is 5.75 Å². The highest BCUT2D eigenvalue weighted by atomic mass is 32.2. The topological polar surface area (TPSA) is 47.9 Å². The van der Waals surface area contributed by atoms with Gasteiger partial charge in [-0.25, -0.2) is 14.4 Å². The largest absolute Gasteiger partial charge is 0.492 e. The minimum Gasteiger partial charge on any atom is -0.492 e. The van der Waals surface area contributed by atoms with E-state index in [2.05, 4.69) is 15.0 Å². The summed E-state index contributed by atoms with van der Waals surface area (Å²) >= 11 is 1.39. The zero-order chi connectivity index (χ0) is 15.4. The van der Waals surface area contributed by atoms with Crippen LogP contribution in [0.15, 0.2) is 64.8 Å². The quantitative estimate of drug-likeness (QED) is 0.685. The minimum atomic E-state index is -0.270. The summed E-state index contributed by atoms with van der Waals surface area (Å²) in [6, 6.07) is 11.8. The van der Waals surface area contributed by atoms with Gasteiger partial charge in [0.1, 0.15) is 16.5 Å². The Morgan fingerprint density at radius 3 is 2.55 bits per heavy atom. The maximum atomic E-state index is 13.0. The van der Waals surface area contributed by atoms with Crippen molar-refractivity contribution in [3.05, 3.63) is 60.7 Å². The smallest absolute Gasteiger partial charge is 0.179 e. The van der Waals surface area contributed by atoms with Crippen molar-refractivity contribution in [2.45, 2.75) is 9.92 Å². The van der Waals surface area contributed by atoms with Gasteiger partial charge in [0.25, 0.3) is 0 Å². The van der Waals surface area contributed by atoms with Crippen molar-refractivity contribution < 1.29 is 9.13 Å². The second-order valence-electron chi connectivity index (χ2n) is 4.34. The van der Waals surface area contributed by atoms with Crippen LogP contribution in [-0.4, -0.2) is 22.1 Å². The maximum absolute atomic E-state index is 13.0. The molecule has 1 aromatic carbocycles. The molecule has 3 aromatic rings. The molecule has 110 valence electrons. The summed E-state index contributed by atoms with van der Waals surface area (Å²) in [5.74, 6) is 0.813. The van der Waals surface area contributed by atoms with Crippen molar-refractivity contribution in [2.75, 3.05) is 7.11 Å². The van der Waals surface area contributed by atoms with E-state index < -0.39 is 0 Å². The lowest BCUT2D eigenvalue weighted by atomic mass is 10.3. The molecule has 2 heterocycles. The van der Waals surface area contributed by atoms with Crippen LogP contribution in [0.25, 0.3) is 11.5 Å². The highest BCUT2D eigenvalue weighted by molar-refractivity contribution is 7.99. The van der Waals surface area contributed by atoms with Gasteiger partial charge in [0, 0.05) is 11.1 Å². The molecule has 4 nitrogen and oxygen atoms in total. The number of ether oxygens (including phenoxy) is 1. The van der Waals surface area contributed by atoms with Crippen LogP contribution in [0.4, 0.5) is 4.39 Å². The molecule has 0 N–H and O–H groups in total. The van der Waals surface area contributed by atoms with E-state index in [-0.39, 0.29) is 5.82 Å². The van der Waals surface area contributed by atoms with Gasteiger partial charge in [-0.2, -0.15) is 0 Å². The number of methoxy groups -OCH3 is 1. The SMILES string of the molecule is COc1cnc(-c2ccccn2)nc1Sc1ccc(F)cc1. The summed E-state index contributed by atoms with van der Waals surface area (Å²) in [5, 5.41) is 0.657. The van der Waals surface area contributed by atoms with Gasteiger partial charge in [-0.15, -0.1) is 0 Å². The van der Waals surface area contributed by atoms with Crippen LogP contribution in [0.2, 0.25) is 0 Å². The number of aromatic nitrogens is 3. The Hall–Kier alpha value is -2.47. The summed E-state index contributed by atoms with van der Waals surface area (Å²) in [6.45, 7) is 0. The van der Waals surface area contributed by atoms with Crippen LogP contribution < -0.4 is 4.74 Å². The zero-order valence-corrected chi connectivity index (χ0v) is 12.5. The number of hydrogen-bond donors (Lipinski definition) is 0. The normalized spacial score (nSPS) is 10.5. The van der Waals surface area contributed by atoms with Gasteiger partial charge in [0.2, 0.25) is 0 Å². The molecule has 3 rings (SSSR count). The lowest BCUT2D eigenvalue weighted by Crippen LogP contribution is -1.96. The average Bonchev–Trinajstić information content (AvgIpc) is 2.58. The summed E-state index contributed by atoms with van der Waals surface area (Å²) in [7, 11) is 1.56. The number of nitrogens with zero attached hydrogens (tertiary/aromatic N) is 3. The molecule has 0 radical (unpaired) electrons. The van der Waals surface area contributed by atoms with E-state index in [1.54, 1.807) is 31.6 Å². The molecule has 0 saturated carbocycles. The van der Waals surface area contributed by atoms with Crippen molar-refractivity contribution >= 4 is 11.8 Å². The zero-order valence-electron chi connectivity index (χ0n) is 11.7. The Kier molecular flexibility index (Phi) is 4.29. The lowest BCUT2D eigenvalue weighted by Gasteiger charge is -2.08. The summed E-state index contributed by atoms with van der Waals surface area (Å²) < 4.78 is 18.3. The molecule has 2 aromatic heterocycles. The van der Waals surface area contributed by atoms with Crippen LogP contribution >= 0.6 is 11.8 Å². The highest BCUT2D eigenvalue weighted by Crippen LogP contribution is 2.33. The average molecular weight is 313 g/mol. The first kappa shape index (κ1) is 14.5. The maximum Gasteiger partial charge on any atom is 0.179 e. The standard InChI is InChI=1S/C16H12FN3OS/c1-21-14-10-19-15(13-4-2-3-9-18-13)20-16(14)22-12-7-5-11(17)6-8-12/h2-10H,1H3. The van der Waals surface area contributed by atoms with Gasteiger partial charge in [0.15, 0.2) is 11.6 Å². The predicted octanol–water partition coefficient (Wildman–Crippen LogP) is 3.84. The molecule has 0 aliphatic carbocycles. The second-order valence-corrected chi connectivity index (χ2v) is 5.40. The fourth-order valence-corrected chi connectivity index (χ4v) is 2.67. The molecule has 0 bridgehead atoms. The number of rotatable bonds is 4. The van der Waals surface area contributed by atoms with E-state index in [1.807, 2.05) is 18.2 Å². The highest BCUT2D eigenvalue weighted by Gasteiger charge is 2.11. The van der Waals surface area contributed by atoms with E-state index in [1.165, 1.54) is 23.9 Å². The molecule has 0 atom stereocenters. The van der Waals surface area contributed by atoms with Gasteiger partial charge in [0.05, 0.1) is 13.3 Å². The third kappa shape index (κ3) is 3.23. The minimum absolute atomic E-state index is 0.270. The first-order valence-electron chi connectivity index (χ1n) is 6.52. The van der Waals surface area contributed by atoms with Crippen molar-refractivity contribution in [1.29, 1.82) is 0 Å². The van der Waals surface area contributed by atoms with Crippen molar-refractivity contribution in [2.24, 2.45) is 0 Å². The van der Waals surface area contributed by atoms with Gasteiger partial charge < -0.3 is 4.74 Å². The van der Waals surface area contributed by atoms with Crippen molar-refractivity contribution in [3.8, 4) is 17.3 Å². The van der Waals surface area contributed by atoms with Crippen LogP contribution in [0.3, 0.4) is 0 Å². The summed E-state index contributed by atoms with van der Waals surface area (Å²) in [5.41, 5.74) is 0.686. The van der Waals surface area contributed by atoms with Gasteiger partial charge >= 0.3 is 0 Å². The molecular formula is C16H12FN3OS. The number of benzene rings is 1. The molecule has 0 saturated heterocycles. The van der Waals surface area contributed by atoms with Crippen LogP contribution in [-0.2, 0) is 0 Å². The fraction of sp³-hybridized carbons (Fsp3) is 0.0625. The molecular weight excluding hydrogens is 301 g/mol. The Balaban J connectivity index is 1.96. The first-order valence-corrected chi connectivity index (χ1v) is 7.34. The second kappa shape index (κ2) is 6.53. The number of halogens is 1. The molecule has 6 heteroatoms. The first-order chi connectivity index (χ1) is 10.8. The van der Waals surface area contributed by atoms with Crippen molar-refractivity contribution in [3.63, 3.8) is 0 Å². The fourth-order valence-electron chi connectivity index (χ4n) is 1.80. The van der Waals surface area contributed by atoms with Gasteiger partial charge in [-0.1, -0.05) is 17.8 Å². The number of pyridine rings is 1. The van der Waals surface area contributed by atoms with E-state index in [9.17, 15) is 4.39 Å². The van der Waals surface area contributed by atoms with Gasteiger partial charge in [-0.05, 0) is 36.4 Å². The lowest BCUT2D eigenvalue weighted by molar-refractivity contribution is 0.398. The summed E-state index contributed by atoms with van der Waals surface area (Å²) in [6.07, 6.45) is 3.30. The van der Waals surface area contributed by atoms with E-state index >= 15 is 0 Å². The molecule has 0 spiro atoms. The van der Waals surface area contributed by atoms with Crippen LogP contribution in [0, 0.1) is 5.82 Å². The third-order valence-corrected chi connectivity index (χ3v) is 3.86. The molecule has 0 fully saturated rings. The molecule has 0 amide bonds. The number of hydrogen-bond acceptors (Lipinski definition) is 5. The van der Waals surface area contributed by atoms with E-state index in [0.717, 1.165) is 4.90 Å². The van der Waals surface area contributed by atoms with E-state index in [4.69, 9.17) is 4.74 Å². The Labute approximate surface area is 131 Å². The predicted molar refractivity (Wildman–Crippen MR) is 82.3 cm³/mol. The van der Waals surface area contributed by atoms with E-state index in [0.29, 0.717) is 22.3 Å². The molecule has 0 aliphatic heterocycles. The molecule has 0 unspecified atom stereocenters. The Morgan fingerprint density at radius 1 is 1.05 bits per heavy atom.